The van der Waals surface area contributed by atoms with Crippen molar-refractivity contribution in [1.82, 2.24) is 14.8 Å². The number of hydrogen-bond acceptors (Lipinski definition) is 3. The molecule has 1 heterocycles. The van der Waals surface area contributed by atoms with E-state index in [4.69, 9.17) is 11.6 Å². The maximum absolute atomic E-state index is 12.6. The fourth-order valence-corrected chi connectivity index (χ4v) is 3.72. The van der Waals surface area contributed by atoms with Crippen molar-refractivity contribution in [2.45, 2.75) is 32.2 Å². The van der Waals surface area contributed by atoms with Crippen molar-refractivity contribution in [1.29, 1.82) is 0 Å². The van der Waals surface area contributed by atoms with Crippen LogP contribution in [0.2, 0.25) is 5.02 Å². The molecule has 2 unspecified atom stereocenters. The van der Waals surface area contributed by atoms with Crippen molar-refractivity contribution in [2.24, 2.45) is 11.3 Å². The summed E-state index contributed by atoms with van der Waals surface area (Å²) in [6.07, 6.45) is 3.22. The first-order valence-electron chi connectivity index (χ1n) is 6.82. The van der Waals surface area contributed by atoms with E-state index in [1.807, 2.05) is 12.1 Å². The summed E-state index contributed by atoms with van der Waals surface area (Å²) in [6, 6.07) is 7.21. The van der Waals surface area contributed by atoms with Gasteiger partial charge in [0, 0.05) is 22.2 Å². The van der Waals surface area contributed by atoms with E-state index in [0.29, 0.717) is 17.3 Å². The molecule has 0 aliphatic rings. The Morgan fingerprint density at radius 3 is 2.48 bits per heavy atom. The van der Waals surface area contributed by atoms with Gasteiger partial charge in [-0.25, -0.2) is 4.98 Å². The van der Waals surface area contributed by atoms with Crippen LogP contribution in [-0.4, -0.2) is 24.7 Å². The molecule has 2 atom stereocenters. The van der Waals surface area contributed by atoms with Crippen molar-refractivity contribution >= 4 is 22.4 Å². The van der Waals surface area contributed by atoms with Gasteiger partial charge in [-0.05, 0) is 35.6 Å². The lowest BCUT2D eigenvalue weighted by Gasteiger charge is -2.30. The molecule has 0 aliphatic carbocycles. The molecule has 0 amide bonds. The fourth-order valence-electron chi connectivity index (χ4n) is 1.99. The second-order valence-electron chi connectivity index (χ2n) is 6.15. The first-order valence-corrected chi connectivity index (χ1v) is 8.52. The molecule has 2 rings (SSSR count). The standard InChI is InChI=1S/C15H20ClN3OS/c1-15(2,3)12(8-19-11-17-10-18-19)9-21(20)14-6-4-13(16)5-7-14/h4-7,10-12H,8-9H2,1-3H3. The van der Waals surface area contributed by atoms with E-state index in [1.54, 1.807) is 23.1 Å². The van der Waals surface area contributed by atoms with Gasteiger partial charge < -0.3 is 0 Å². The molecule has 21 heavy (non-hydrogen) atoms. The van der Waals surface area contributed by atoms with Crippen molar-refractivity contribution in [2.75, 3.05) is 5.75 Å². The molecule has 6 heteroatoms. The fraction of sp³-hybridized carbons (Fsp3) is 0.467. The van der Waals surface area contributed by atoms with Gasteiger partial charge in [-0.2, -0.15) is 5.10 Å². The molecular formula is C15H20ClN3OS. The summed E-state index contributed by atoms with van der Waals surface area (Å²) in [6.45, 7) is 7.19. The summed E-state index contributed by atoms with van der Waals surface area (Å²) in [4.78, 5) is 4.78. The average molecular weight is 326 g/mol. The molecule has 0 saturated heterocycles. The first kappa shape index (κ1) is 16.2. The number of benzene rings is 1. The largest absolute Gasteiger partial charge is 0.254 e. The Labute approximate surface area is 133 Å². The highest BCUT2D eigenvalue weighted by Crippen LogP contribution is 2.29. The van der Waals surface area contributed by atoms with Crippen molar-refractivity contribution in [3.05, 3.63) is 41.9 Å². The van der Waals surface area contributed by atoms with Crippen LogP contribution < -0.4 is 0 Å². The molecule has 0 fully saturated rings. The summed E-state index contributed by atoms with van der Waals surface area (Å²) >= 11 is 5.87. The maximum atomic E-state index is 12.6. The molecule has 0 spiro atoms. The monoisotopic (exact) mass is 325 g/mol. The molecule has 4 nitrogen and oxygen atoms in total. The smallest absolute Gasteiger partial charge is 0.137 e. The minimum absolute atomic E-state index is 0.0357. The van der Waals surface area contributed by atoms with Crippen molar-refractivity contribution in [3.63, 3.8) is 0 Å². The van der Waals surface area contributed by atoms with E-state index in [0.717, 1.165) is 4.90 Å². The van der Waals surface area contributed by atoms with Crippen LogP contribution in [0.1, 0.15) is 20.8 Å². The van der Waals surface area contributed by atoms with Crippen LogP contribution >= 0.6 is 11.6 Å². The van der Waals surface area contributed by atoms with Gasteiger partial charge >= 0.3 is 0 Å². The summed E-state index contributed by atoms with van der Waals surface area (Å²) in [5.41, 5.74) is 0.0357. The van der Waals surface area contributed by atoms with E-state index in [9.17, 15) is 4.21 Å². The van der Waals surface area contributed by atoms with Gasteiger partial charge in [-0.1, -0.05) is 32.4 Å². The number of hydrogen-bond donors (Lipinski definition) is 0. The number of rotatable bonds is 5. The van der Waals surface area contributed by atoms with E-state index < -0.39 is 10.8 Å². The van der Waals surface area contributed by atoms with Crippen LogP contribution in [0.25, 0.3) is 0 Å². The summed E-state index contributed by atoms with van der Waals surface area (Å²) in [5, 5.41) is 4.81. The molecule has 114 valence electrons. The molecule has 1 aromatic heterocycles. The zero-order chi connectivity index (χ0) is 15.5. The average Bonchev–Trinajstić information content (AvgIpc) is 2.90. The Morgan fingerprint density at radius 2 is 1.95 bits per heavy atom. The summed E-state index contributed by atoms with van der Waals surface area (Å²) in [5.74, 6) is 0.820. The lowest BCUT2D eigenvalue weighted by Crippen LogP contribution is -2.30. The summed E-state index contributed by atoms with van der Waals surface area (Å²) < 4.78 is 14.4. The van der Waals surface area contributed by atoms with Gasteiger partial charge in [0.2, 0.25) is 0 Å². The van der Waals surface area contributed by atoms with Crippen LogP contribution in [0.3, 0.4) is 0 Å². The quantitative estimate of drug-likeness (QED) is 0.846. The molecule has 0 radical (unpaired) electrons. The Morgan fingerprint density at radius 1 is 1.29 bits per heavy atom. The molecule has 0 N–H and O–H groups in total. The van der Waals surface area contributed by atoms with Crippen LogP contribution in [0.15, 0.2) is 41.8 Å². The lowest BCUT2D eigenvalue weighted by atomic mass is 9.82. The second kappa shape index (κ2) is 6.71. The molecule has 0 aliphatic heterocycles. The highest BCUT2D eigenvalue weighted by molar-refractivity contribution is 7.85. The topological polar surface area (TPSA) is 47.8 Å². The Kier molecular flexibility index (Phi) is 5.17. The highest BCUT2D eigenvalue weighted by atomic mass is 35.5. The lowest BCUT2D eigenvalue weighted by molar-refractivity contribution is 0.229. The van der Waals surface area contributed by atoms with Crippen LogP contribution in [0, 0.1) is 11.3 Å². The van der Waals surface area contributed by atoms with E-state index in [1.165, 1.54) is 6.33 Å². The molecule has 0 saturated carbocycles. The van der Waals surface area contributed by atoms with Crippen molar-refractivity contribution in [3.8, 4) is 0 Å². The highest BCUT2D eigenvalue weighted by Gasteiger charge is 2.27. The van der Waals surface area contributed by atoms with Gasteiger partial charge in [-0.15, -0.1) is 0 Å². The second-order valence-corrected chi connectivity index (χ2v) is 8.08. The molecule has 1 aromatic carbocycles. The number of halogens is 1. The third kappa shape index (κ3) is 4.64. The predicted molar refractivity (Wildman–Crippen MR) is 85.7 cm³/mol. The predicted octanol–water partition coefficient (Wildman–Crippen LogP) is 3.40. The Bertz CT molecular complexity index is 590. The van der Waals surface area contributed by atoms with E-state index in [2.05, 4.69) is 30.9 Å². The van der Waals surface area contributed by atoms with Crippen LogP contribution in [0.4, 0.5) is 0 Å². The van der Waals surface area contributed by atoms with Crippen LogP contribution in [0.5, 0.6) is 0 Å². The number of nitrogens with zero attached hydrogens (tertiary/aromatic N) is 3. The Balaban J connectivity index is 2.11. The maximum Gasteiger partial charge on any atom is 0.137 e. The van der Waals surface area contributed by atoms with Gasteiger partial charge in [-0.3, -0.25) is 8.89 Å². The van der Waals surface area contributed by atoms with Gasteiger partial charge in [0.25, 0.3) is 0 Å². The number of aromatic nitrogens is 3. The van der Waals surface area contributed by atoms with Gasteiger partial charge in [0.15, 0.2) is 0 Å². The van der Waals surface area contributed by atoms with E-state index >= 15 is 0 Å². The van der Waals surface area contributed by atoms with Gasteiger partial charge in [0.05, 0.1) is 10.8 Å². The third-order valence-electron chi connectivity index (χ3n) is 3.53. The van der Waals surface area contributed by atoms with E-state index in [-0.39, 0.29) is 11.3 Å². The first-order chi connectivity index (χ1) is 9.86. The zero-order valence-electron chi connectivity index (χ0n) is 12.5. The Hall–Kier alpha value is -1.20. The summed E-state index contributed by atoms with van der Waals surface area (Å²) in [7, 11) is -1.05. The minimum atomic E-state index is -1.05. The molecule has 2 aromatic rings. The normalized spacial score (nSPS) is 14.9. The third-order valence-corrected chi connectivity index (χ3v) is 5.28. The SMILES string of the molecule is CC(C)(C)C(Cn1cncn1)CS(=O)c1ccc(Cl)cc1. The molecule has 0 bridgehead atoms. The van der Waals surface area contributed by atoms with Gasteiger partial charge in [0.1, 0.15) is 12.7 Å². The molecular weight excluding hydrogens is 306 g/mol. The minimum Gasteiger partial charge on any atom is -0.254 e. The van der Waals surface area contributed by atoms with Crippen molar-refractivity contribution < 1.29 is 4.21 Å². The zero-order valence-corrected chi connectivity index (χ0v) is 14.1. The van der Waals surface area contributed by atoms with Crippen LogP contribution in [-0.2, 0) is 17.3 Å².